The Labute approximate surface area is 244 Å². The molecule has 0 saturated carbocycles. The number of alkyl halides is 3. The number of carboxylic acids is 1. The number of nitrogens with zero attached hydrogens (tertiary/aromatic N) is 6. The van der Waals surface area contributed by atoms with Crippen molar-refractivity contribution in [3.05, 3.63) is 75.1 Å². The fourth-order valence-electron chi connectivity index (χ4n) is 4.54. The summed E-state index contributed by atoms with van der Waals surface area (Å²) in [5.41, 5.74) is 0.563. The fourth-order valence-corrected chi connectivity index (χ4v) is 4.70. The van der Waals surface area contributed by atoms with Crippen LogP contribution in [0.2, 0.25) is 5.02 Å². The Bertz CT molecular complexity index is 1490. The molecule has 0 spiro atoms. The van der Waals surface area contributed by atoms with Crippen LogP contribution in [0.1, 0.15) is 81.9 Å². The SMILES string of the molecule is CC(NC[C@@H](C)n1nc2c(c1C(=O)O)CN(C(=O)c1ccc(Cl)c(C#N)c1)[C@H](C)C2)c1cnc(C(F)(F)F)cn1.Cl. The monoisotopic (exact) mass is 611 g/mol. The maximum Gasteiger partial charge on any atom is 0.434 e. The van der Waals surface area contributed by atoms with Crippen LogP contribution in [0.3, 0.4) is 0 Å². The molecule has 3 atom stereocenters. The van der Waals surface area contributed by atoms with Gasteiger partial charge in [0.1, 0.15) is 6.07 Å². The van der Waals surface area contributed by atoms with E-state index in [1.807, 2.05) is 13.0 Å². The molecule has 41 heavy (non-hydrogen) atoms. The molecule has 0 bridgehead atoms. The van der Waals surface area contributed by atoms with E-state index in [-0.39, 0.29) is 59.3 Å². The van der Waals surface area contributed by atoms with E-state index in [1.54, 1.807) is 18.7 Å². The molecule has 3 heterocycles. The number of benzene rings is 1. The Morgan fingerprint density at radius 3 is 2.56 bits per heavy atom. The van der Waals surface area contributed by atoms with Gasteiger partial charge in [-0.25, -0.2) is 9.78 Å². The standard InChI is InChI=1S/C26H25ClF3N7O3.ClH/c1-13-6-20-18(12-36(13)24(38)16-4-5-19(27)17(7-16)8-31)23(25(39)40)37(35-20)14(2)9-32-15(3)21-10-34-22(11-33-21)26(28,29)30;/h4-5,7,10-11,13-15,32H,6,9,12H2,1-3H3,(H,39,40);1H/t13-,14-,15?;/m1./s1. The zero-order chi connectivity index (χ0) is 29.4. The Hall–Kier alpha value is -3.73. The second kappa shape index (κ2) is 12.4. The van der Waals surface area contributed by atoms with Gasteiger partial charge in [0, 0.05) is 36.2 Å². The number of carboxylic acid groups (broad SMARTS) is 1. The highest BCUT2D eigenvalue weighted by Crippen LogP contribution is 2.30. The minimum Gasteiger partial charge on any atom is -0.477 e. The predicted molar refractivity (Wildman–Crippen MR) is 144 cm³/mol. The van der Waals surface area contributed by atoms with Crippen LogP contribution in [0.5, 0.6) is 0 Å². The topological polar surface area (TPSA) is 137 Å². The van der Waals surface area contributed by atoms with Crippen molar-refractivity contribution < 1.29 is 27.9 Å². The number of rotatable bonds is 7. The van der Waals surface area contributed by atoms with E-state index < -0.39 is 29.9 Å². The molecule has 0 radical (unpaired) electrons. The van der Waals surface area contributed by atoms with Crippen molar-refractivity contribution in [2.45, 2.75) is 58.0 Å². The molecule has 3 aromatic rings. The summed E-state index contributed by atoms with van der Waals surface area (Å²) in [5.74, 6) is -1.57. The zero-order valence-electron chi connectivity index (χ0n) is 22.1. The van der Waals surface area contributed by atoms with Crippen LogP contribution < -0.4 is 5.32 Å². The van der Waals surface area contributed by atoms with E-state index in [0.29, 0.717) is 29.6 Å². The Morgan fingerprint density at radius 1 is 1.27 bits per heavy atom. The van der Waals surface area contributed by atoms with Gasteiger partial charge in [-0.15, -0.1) is 12.4 Å². The van der Waals surface area contributed by atoms with Gasteiger partial charge in [-0.3, -0.25) is 14.5 Å². The van der Waals surface area contributed by atoms with Crippen LogP contribution in [0.25, 0.3) is 0 Å². The number of hydrogen-bond acceptors (Lipinski definition) is 7. The lowest BCUT2D eigenvalue weighted by atomic mass is 9.98. The molecule has 1 unspecified atom stereocenters. The van der Waals surface area contributed by atoms with Crippen LogP contribution in [0, 0.1) is 11.3 Å². The van der Waals surface area contributed by atoms with Gasteiger partial charge in [-0.1, -0.05) is 11.6 Å². The van der Waals surface area contributed by atoms with Crippen LogP contribution >= 0.6 is 24.0 Å². The third-order valence-electron chi connectivity index (χ3n) is 6.78. The molecule has 1 amide bonds. The summed E-state index contributed by atoms with van der Waals surface area (Å²) in [7, 11) is 0. The lowest BCUT2D eigenvalue weighted by Gasteiger charge is -2.33. The van der Waals surface area contributed by atoms with E-state index in [2.05, 4.69) is 20.4 Å². The zero-order valence-corrected chi connectivity index (χ0v) is 23.7. The Balaban J connectivity index is 0.00000462. The highest BCUT2D eigenvalue weighted by molar-refractivity contribution is 6.31. The summed E-state index contributed by atoms with van der Waals surface area (Å²) in [4.78, 5) is 34.5. The third kappa shape index (κ3) is 6.61. The maximum atomic E-state index is 13.3. The van der Waals surface area contributed by atoms with Gasteiger partial charge in [0.05, 0.1) is 47.0 Å². The summed E-state index contributed by atoms with van der Waals surface area (Å²) in [6, 6.07) is 5.12. The molecule has 1 aliphatic heterocycles. The van der Waals surface area contributed by atoms with E-state index in [4.69, 9.17) is 11.6 Å². The Kier molecular flexibility index (Phi) is 9.63. The number of halogens is 5. The smallest absolute Gasteiger partial charge is 0.434 e. The largest absolute Gasteiger partial charge is 0.477 e. The van der Waals surface area contributed by atoms with Gasteiger partial charge in [-0.2, -0.15) is 23.5 Å². The number of aromatic nitrogens is 4. The van der Waals surface area contributed by atoms with E-state index in [9.17, 15) is 33.1 Å². The first kappa shape index (κ1) is 31.8. The molecule has 2 N–H and O–H groups in total. The Morgan fingerprint density at radius 2 is 1.98 bits per heavy atom. The molecule has 0 aliphatic carbocycles. The normalized spacial score (nSPS) is 16.2. The van der Waals surface area contributed by atoms with Crippen molar-refractivity contribution in [1.82, 2.24) is 30.0 Å². The second-order valence-corrected chi connectivity index (χ2v) is 10.0. The summed E-state index contributed by atoms with van der Waals surface area (Å²) in [5, 5.41) is 27.3. The number of hydrogen-bond donors (Lipinski definition) is 2. The van der Waals surface area contributed by atoms with E-state index in [0.717, 1.165) is 6.20 Å². The van der Waals surface area contributed by atoms with Crippen LogP contribution in [-0.4, -0.2) is 54.2 Å². The molecule has 0 saturated heterocycles. The first-order valence-electron chi connectivity index (χ1n) is 12.3. The highest BCUT2D eigenvalue weighted by Gasteiger charge is 2.36. The number of amides is 1. The minimum absolute atomic E-state index is 0. The molecule has 218 valence electrons. The summed E-state index contributed by atoms with van der Waals surface area (Å²) < 4.78 is 39.7. The third-order valence-corrected chi connectivity index (χ3v) is 7.11. The van der Waals surface area contributed by atoms with Gasteiger partial charge in [0.2, 0.25) is 0 Å². The van der Waals surface area contributed by atoms with Crippen molar-refractivity contribution in [3.8, 4) is 6.07 Å². The molecule has 1 aromatic carbocycles. The van der Waals surface area contributed by atoms with Crippen LogP contribution in [0.15, 0.2) is 30.6 Å². The van der Waals surface area contributed by atoms with Crippen molar-refractivity contribution in [1.29, 1.82) is 5.26 Å². The second-order valence-electron chi connectivity index (χ2n) is 9.62. The van der Waals surface area contributed by atoms with Crippen molar-refractivity contribution >= 4 is 35.9 Å². The molecular weight excluding hydrogens is 586 g/mol. The average Bonchev–Trinajstić information content (AvgIpc) is 3.29. The molecule has 2 aromatic heterocycles. The molecule has 1 aliphatic rings. The summed E-state index contributed by atoms with van der Waals surface area (Å²) >= 11 is 6.00. The first-order valence-corrected chi connectivity index (χ1v) is 12.7. The molecule has 10 nitrogen and oxygen atoms in total. The van der Waals surface area contributed by atoms with Gasteiger partial charge < -0.3 is 15.3 Å². The van der Waals surface area contributed by atoms with Gasteiger partial charge in [0.15, 0.2) is 11.4 Å². The van der Waals surface area contributed by atoms with Gasteiger partial charge in [0.25, 0.3) is 5.91 Å². The molecule has 4 rings (SSSR count). The maximum absolute atomic E-state index is 13.3. The summed E-state index contributed by atoms with van der Waals surface area (Å²) in [6.45, 7) is 5.53. The van der Waals surface area contributed by atoms with Crippen molar-refractivity contribution in [2.75, 3.05) is 6.54 Å². The lowest BCUT2D eigenvalue weighted by Crippen LogP contribution is -2.42. The molecule has 15 heteroatoms. The summed E-state index contributed by atoms with van der Waals surface area (Å²) in [6.07, 6.45) is -2.55. The average molecular weight is 612 g/mol. The molecular formula is C26H26Cl2F3N7O3. The van der Waals surface area contributed by atoms with Gasteiger partial charge in [-0.05, 0) is 39.0 Å². The fraction of sp³-hybridized carbons (Fsp3) is 0.385. The van der Waals surface area contributed by atoms with E-state index >= 15 is 0 Å². The number of fused-ring (bicyclic) bond motifs is 1. The van der Waals surface area contributed by atoms with Crippen LogP contribution in [-0.2, 0) is 19.1 Å². The lowest BCUT2D eigenvalue weighted by molar-refractivity contribution is -0.141. The minimum atomic E-state index is -4.59. The quantitative estimate of drug-likeness (QED) is 0.387. The predicted octanol–water partition coefficient (Wildman–Crippen LogP) is 4.84. The number of nitrogens with one attached hydrogen (secondary N) is 1. The molecule has 0 fully saturated rings. The van der Waals surface area contributed by atoms with Gasteiger partial charge >= 0.3 is 12.1 Å². The number of nitriles is 1. The van der Waals surface area contributed by atoms with Crippen LogP contribution in [0.4, 0.5) is 13.2 Å². The number of aromatic carboxylic acids is 1. The van der Waals surface area contributed by atoms with E-state index in [1.165, 1.54) is 22.9 Å². The number of carbonyl (C=O) groups is 2. The first-order chi connectivity index (χ1) is 18.8. The highest BCUT2D eigenvalue weighted by atomic mass is 35.5. The number of carbonyl (C=O) groups excluding carboxylic acids is 1. The van der Waals surface area contributed by atoms with Crippen molar-refractivity contribution in [3.63, 3.8) is 0 Å². The van der Waals surface area contributed by atoms with Crippen molar-refractivity contribution in [2.24, 2.45) is 0 Å².